The van der Waals surface area contributed by atoms with Gasteiger partial charge in [0.1, 0.15) is 23.3 Å². The largest absolute Gasteiger partial charge is 0.382 e. The number of carbonyl (C=O) groups is 6. The Morgan fingerprint density at radius 2 is 1.71 bits per heavy atom. The number of amides is 6. The van der Waals surface area contributed by atoms with Gasteiger partial charge in [0.25, 0.3) is 11.8 Å². The minimum atomic E-state index is -1.04. The highest BCUT2D eigenvalue weighted by Crippen LogP contribution is 2.39. The lowest BCUT2D eigenvalue weighted by molar-refractivity contribution is -0.136. The number of imide groups is 2. The first-order chi connectivity index (χ1) is 28.3. The predicted molar refractivity (Wildman–Crippen MR) is 220 cm³/mol. The van der Waals surface area contributed by atoms with Crippen LogP contribution in [0.5, 0.6) is 0 Å². The zero-order valence-corrected chi connectivity index (χ0v) is 34.1. The first-order valence-corrected chi connectivity index (χ1v) is 20.4. The average Bonchev–Trinajstić information content (AvgIpc) is 3.45. The summed E-state index contributed by atoms with van der Waals surface area (Å²) in [6, 6.07) is 8.94. The number of aromatic nitrogens is 2. The van der Waals surface area contributed by atoms with Gasteiger partial charge in [0.15, 0.2) is 5.82 Å². The van der Waals surface area contributed by atoms with E-state index < -0.39 is 47.9 Å². The summed E-state index contributed by atoms with van der Waals surface area (Å²) in [5.41, 5.74) is 13.5. The zero-order chi connectivity index (χ0) is 42.1. The zero-order valence-electron chi connectivity index (χ0n) is 32.5. The van der Waals surface area contributed by atoms with Crippen molar-refractivity contribution in [3.05, 3.63) is 58.7 Å². The normalized spacial score (nSPS) is 17.4. The second-order valence-corrected chi connectivity index (χ2v) is 15.9. The first-order valence-electron chi connectivity index (χ1n) is 19.2. The number of hydrogen-bond acceptors (Lipinski definition) is 15. The molecule has 2 fully saturated rings. The van der Waals surface area contributed by atoms with Gasteiger partial charge in [-0.05, 0) is 56.9 Å². The third-order valence-corrected chi connectivity index (χ3v) is 11.5. The second-order valence-electron chi connectivity index (χ2n) is 14.5. The van der Waals surface area contributed by atoms with Crippen molar-refractivity contribution >= 4 is 81.8 Å². The standard InChI is InChI=1S/C39H47ClN10O8S/c1-39(42)11-15-49(16-12-39)28-22-45-36(34(41)47-28)59-27-8-3-7-25(33(27)40)46-31(53)21-30(52)44-13-4-17-57-19-20-58-18-14-43-24-6-2-5-23-32(24)38(56)50(37(23)55)26-9-10-29(51)48-35(26)54/h2-3,5-8,22,26,43H,4,9-21,42H2,1H3,(H2,41,47)(H,44,52)(H,46,53)(H,48,51,54). The number of halogens is 1. The van der Waals surface area contributed by atoms with Crippen molar-refractivity contribution in [1.29, 1.82) is 0 Å². The van der Waals surface area contributed by atoms with Gasteiger partial charge in [0.2, 0.25) is 23.6 Å². The van der Waals surface area contributed by atoms with Gasteiger partial charge >= 0.3 is 0 Å². The monoisotopic (exact) mass is 850 g/mol. The highest BCUT2D eigenvalue weighted by atomic mass is 35.5. The highest BCUT2D eigenvalue weighted by molar-refractivity contribution is 7.99. The molecule has 2 saturated heterocycles. The molecule has 0 saturated carbocycles. The van der Waals surface area contributed by atoms with Crippen molar-refractivity contribution in [3.63, 3.8) is 0 Å². The molecule has 3 aliphatic rings. The van der Waals surface area contributed by atoms with Crippen LogP contribution in [-0.2, 0) is 28.7 Å². The van der Waals surface area contributed by atoms with E-state index in [0.29, 0.717) is 66.4 Å². The minimum Gasteiger partial charge on any atom is -0.382 e. The number of rotatable bonds is 18. The highest BCUT2D eigenvalue weighted by Gasteiger charge is 2.45. The molecule has 1 atom stereocenters. The summed E-state index contributed by atoms with van der Waals surface area (Å²) in [6.45, 7) is 5.46. The summed E-state index contributed by atoms with van der Waals surface area (Å²) in [6.07, 6.45) is 3.60. The topological polar surface area (TPSA) is 253 Å². The smallest absolute Gasteiger partial charge is 0.264 e. The van der Waals surface area contributed by atoms with E-state index in [-0.39, 0.29) is 47.0 Å². The Bertz CT molecular complexity index is 2100. The van der Waals surface area contributed by atoms with E-state index >= 15 is 0 Å². The fourth-order valence-electron chi connectivity index (χ4n) is 6.70. The molecule has 0 aliphatic carbocycles. The average molecular weight is 851 g/mol. The lowest BCUT2D eigenvalue weighted by Crippen LogP contribution is -2.54. The van der Waals surface area contributed by atoms with Gasteiger partial charge in [-0.15, -0.1) is 0 Å². The van der Waals surface area contributed by atoms with E-state index in [1.54, 1.807) is 36.5 Å². The molecular weight excluding hydrogens is 804 g/mol. The fraction of sp³-hybridized carbons (Fsp3) is 0.436. The van der Waals surface area contributed by atoms with Crippen LogP contribution in [0.2, 0.25) is 5.02 Å². The van der Waals surface area contributed by atoms with Crippen molar-refractivity contribution in [2.75, 3.05) is 73.9 Å². The molecule has 4 heterocycles. The molecule has 1 aromatic heterocycles. The first kappa shape index (κ1) is 43.2. The van der Waals surface area contributed by atoms with Gasteiger partial charge in [-0.1, -0.05) is 35.5 Å². The number of anilines is 4. The molecule has 6 amide bonds. The Morgan fingerprint density at radius 1 is 0.983 bits per heavy atom. The summed E-state index contributed by atoms with van der Waals surface area (Å²) in [4.78, 5) is 87.9. The summed E-state index contributed by atoms with van der Waals surface area (Å²) in [7, 11) is 0. The van der Waals surface area contributed by atoms with E-state index in [1.807, 2.05) is 6.92 Å². The molecular formula is C39H47ClN10O8S. The number of fused-ring (bicyclic) bond motifs is 1. The lowest BCUT2D eigenvalue weighted by atomic mass is 9.91. The Morgan fingerprint density at radius 3 is 2.46 bits per heavy atom. The maximum Gasteiger partial charge on any atom is 0.264 e. The lowest BCUT2D eigenvalue weighted by Gasteiger charge is -2.37. The Labute approximate surface area is 349 Å². The number of nitrogens with two attached hydrogens (primary N) is 2. The van der Waals surface area contributed by atoms with Crippen LogP contribution in [0, 0.1) is 0 Å². The SMILES string of the molecule is CC1(N)CCN(c2cnc(Sc3cccc(NC(=O)CC(=O)NCCCOCCOCCNc4cccc5c4C(=O)N(C4CCC(=O)NC4=O)C5=O)c3Cl)c(N)n2)CC1. The van der Waals surface area contributed by atoms with Crippen molar-refractivity contribution in [1.82, 2.24) is 25.5 Å². The van der Waals surface area contributed by atoms with Crippen molar-refractivity contribution in [3.8, 4) is 0 Å². The summed E-state index contributed by atoms with van der Waals surface area (Å²) in [5.74, 6) is -2.30. The van der Waals surface area contributed by atoms with E-state index in [0.717, 1.165) is 30.8 Å². The van der Waals surface area contributed by atoms with Crippen LogP contribution in [0.3, 0.4) is 0 Å². The molecule has 18 nitrogen and oxygen atoms in total. The molecule has 3 aliphatic heterocycles. The summed E-state index contributed by atoms with van der Waals surface area (Å²) >= 11 is 7.85. The number of piperidine rings is 2. The number of nitrogens with zero attached hydrogens (tertiary/aromatic N) is 4. The summed E-state index contributed by atoms with van der Waals surface area (Å²) in [5, 5.41) is 11.4. The predicted octanol–water partition coefficient (Wildman–Crippen LogP) is 2.56. The van der Waals surface area contributed by atoms with Crippen LogP contribution in [0.4, 0.5) is 23.0 Å². The quantitative estimate of drug-likeness (QED) is 0.0611. The van der Waals surface area contributed by atoms with Crippen LogP contribution in [0.1, 0.15) is 66.2 Å². The number of carbonyl (C=O) groups excluding carboxylic acids is 6. The molecule has 1 unspecified atom stereocenters. The van der Waals surface area contributed by atoms with Crippen LogP contribution in [-0.4, -0.2) is 114 Å². The fourth-order valence-corrected chi connectivity index (χ4v) is 7.80. The van der Waals surface area contributed by atoms with Crippen LogP contribution >= 0.6 is 23.4 Å². The molecule has 3 aromatic rings. The second kappa shape index (κ2) is 19.6. The molecule has 20 heteroatoms. The van der Waals surface area contributed by atoms with Crippen molar-refractivity contribution in [2.24, 2.45) is 5.73 Å². The molecule has 59 heavy (non-hydrogen) atoms. The van der Waals surface area contributed by atoms with E-state index in [2.05, 4.69) is 36.1 Å². The maximum absolute atomic E-state index is 13.2. The van der Waals surface area contributed by atoms with Crippen molar-refractivity contribution in [2.45, 2.75) is 67.0 Å². The number of benzene rings is 2. The van der Waals surface area contributed by atoms with E-state index in [9.17, 15) is 28.8 Å². The van der Waals surface area contributed by atoms with E-state index in [4.69, 9.17) is 32.5 Å². The molecule has 8 N–H and O–H groups in total. The van der Waals surface area contributed by atoms with Crippen LogP contribution in [0.15, 0.2) is 52.5 Å². The molecule has 0 spiro atoms. The number of ether oxygens (including phenoxy) is 2. The molecule has 0 radical (unpaired) electrons. The maximum atomic E-state index is 13.2. The Kier molecular flexibility index (Phi) is 14.4. The van der Waals surface area contributed by atoms with Crippen molar-refractivity contribution < 1.29 is 38.2 Å². The molecule has 0 bridgehead atoms. The van der Waals surface area contributed by atoms with Crippen LogP contribution in [0.25, 0.3) is 0 Å². The third kappa shape index (κ3) is 11.0. The molecule has 314 valence electrons. The molecule has 2 aromatic carbocycles. The van der Waals surface area contributed by atoms with Gasteiger partial charge in [-0.25, -0.2) is 9.97 Å². The molecule has 6 rings (SSSR count). The number of hydrogen-bond donors (Lipinski definition) is 6. The number of nitrogen functional groups attached to an aromatic ring is 1. The van der Waals surface area contributed by atoms with Gasteiger partial charge in [0, 0.05) is 55.3 Å². The Balaban J connectivity index is 0.831. The van der Waals surface area contributed by atoms with Gasteiger partial charge in [0.05, 0.1) is 47.9 Å². The third-order valence-electron chi connectivity index (χ3n) is 9.94. The van der Waals surface area contributed by atoms with Crippen LogP contribution < -0.4 is 37.6 Å². The number of nitrogens with one attached hydrogen (secondary N) is 4. The van der Waals surface area contributed by atoms with E-state index in [1.165, 1.54) is 17.8 Å². The van der Waals surface area contributed by atoms with Gasteiger partial charge < -0.3 is 41.8 Å². The summed E-state index contributed by atoms with van der Waals surface area (Å²) < 4.78 is 11.2. The van der Waals surface area contributed by atoms with Gasteiger partial charge in [-0.2, -0.15) is 0 Å². The van der Waals surface area contributed by atoms with Gasteiger partial charge in [-0.3, -0.25) is 39.0 Å². The minimum absolute atomic E-state index is 0.0435. The Hall–Kier alpha value is -5.34.